The highest BCUT2D eigenvalue weighted by atomic mass is 79.9. The lowest BCUT2D eigenvalue weighted by Gasteiger charge is -1.99. The van der Waals surface area contributed by atoms with Gasteiger partial charge in [-0.3, -0.25) is 4.98 Å². The average Bonchev–Trinajstić information content (AvgIpc) is 2.60. The van der Waals surface area contributed by atoms with Gasteiger partial charge >= 0.3 is 5.97 Å². The molecule has 2 rings (SSSR count). The molecule has 0 unspecified atom stereocenters. The van der Waals surface area contributed by atoms with Crippen LogP contribution in [0.15, 0.2) is 29.1 Å². The van der Waals surface area contributed by atoms with Crippen molar-refractivity contribution in [3.05, 3.63) is 40.4 Å². The summed E-state index contributed by atoms with van der Waals surface area (Å²) >= 11 is 3.29. The Balaban J connectivity index is 2.49. The first kappa shape index (κ1) is 10.8. The van der Waals surface area contributed by atoms with Gasteiger partial charge in [0.25, 0.3) is 0 Å². The van der Waals surface area contributed by atoms with Crippen LogP contribution in [-0.2, 0) is 0 Å². The molecule has 0 aromatic carbocycles. The summed E-state index contributed by atoms with van der Waals surface area (Å²) in [5.74, 6) is -1.03. The Kier molecular flexibility index (Phi) is 2.74. The van der Waals surface area contributed by atoms with Crippen molar-refractivity contribution >= 4 is 21.9 Å². The van der Waals surface area contributed by atoms with Crippen molar-refractivity contribution in [2.45, 2.75) is 6.92 Å². The summed E-state index contributed by atoms with van der Waals surface area (Å²) in [6, 6.07) is 1.81. The van der Waals surface area contributed by atoms with Crippen molar-refractivity contribution in [3.8, 4) is 5.69 Å². The Bertz CT molecular complexity index is 551. The van der Waals surface area contributed by atoms with Gasteiger partial charge in [0.1, 0.15) is 0 Å². The Hall–Kier alpha value is -1.69. The normalized spacial score (nSPS) is 10.4. The number of carboxylic acid groups (broad SMARTS) is 1. The number of pyridine rings is 1. The third-order valence-corrected chi connectivity index (χ3v) is 2.49. The minimum absolute atomic E-state index is 0.0555. The monoisotopic (exact) mass is 281 g/mol. The zero-order valence-corrected chi connectivity index (χ0v) is 9.97. The first-order valence-corrected chi connectivity index (χ1v) is 5.27. The van der Waals surface area contributed by atoms with Crippen molar-refractivity contribution < 1.29 is 9.90 Å². The van der Waals surface area contributed by atoms with Crippen molar-refractivity contribution in [1.82, 2.24) is 14.8 Å². The van der Waals surface area contributed by atoms with Crippen LogP contribution in [0.3, 0.4) is 0 Å². The van der Waals surface area contributed by atoms with Crippen LogP contribution in [0, 0.1) is 6.92 Å². The minimum Gasteiger partial charge on any atom is -0.476 e. The van der Waals surface area contributed by atoms with Gasteiger partial charge in [-0.05, 0) is 28.9 Å². The highest BCUT2D eigenvalue weighted by molar-refractivity contribution is 9.10. The maximum absolute atomic E-state index is 10.8. The molecule has 0 atom stereocenters. The van der Waals surface area contributed by atoms with Crippen LogP contribution in [0.1, 0.15) is 16.1 Å². The molecule has 0 fully saturated rings. The van der Waals surface area contributed by atoms with Crippen LogP contribution in [-0.4, -0.2) is 25.8 Å². The van der Waals surface area contributed by atoms with Gasteiger partial charge in [-0.1, -0.05) is 0 Å². The topological polar surface area (TPSA) is 68.0 Å². The van der Waals surface area contributed by atoms with Crippen LogP contribution >= 0.6 is 15.9 Å². The Labute approximate surface area is 99.9 Å². The van der Waals surface area contributed by atoms with E-state index in [1.807, 2.05) is 6.07 Å². The molecular weight excluding hydrogens is 274 g/mol. The predicted octanol–water partition coefficient (Wildman–Crippen LogP) is 2.04. The molecule has 0 amide bonds. The zero-order valence-electron chi connectivity index (χ0n) is 8.38. The van der Waals surface area contributed by atoms with E-state index >= 15 is 0 Å². The number of rotatable bonds is 2. The third kappa shape index (κ3) is 1.96. The number of aromatic carboxylic acids is 1. The summed E-state index contributed by atoms with van der Waals surface area (Å²) in [6.45, 7) is 1.71. The van der Waals surface area contributed by atoms with Crippen LogP contribution in [0.5, 0.6) is 0 Å². The van der Waals surface area contributed by atoms with Crippen molar-refractivity contribution in [2.24, 2.45) is 0 Å². The summed E-state index contributed by atoms with van der Waals surface area (Å²) in [4.78, 5) is 14.8. The molecule has 0 aliphatic carbocycles. The maximum atomic E-state index is 10.8. The molecule has 0 saturated carbocycles. The lowest BCUT2D eigenvalue weighted by atomic mass is 10.3. The van der Waals surface area contributed by atoms with Gasteiger partial charge in [-0.2, -0.15) is 5.10 Å². The van der Waals surface area contributed by atoms with Gasteiger partial charge in [-0.15, -0.1) is 0 Å². The average molecular weight is 282 g/mol. The number of hydrogen-bond donors (Lipinski definition) is 1. The van der Waals surface area contributed by atoms with Crippen LogP contribution in [0.25, 0.3) is 5.69 Å². The van der Waals surface area contributed by atoms with Crippen LogP contribution < -0.4 is 0 Å². The van der Waals surface area contributed by atoms with E-state index in [1.54, 1.807) is 25.5 Å². The fourth-order valence-electron chi connectivity index (χ4n) is 1.33. The summed E-state index contributed by atoms with van der Waals surface area (Å²) in [6.07, 6.45) is 4.92. The predicted molar refractivity (Wildman–Crippen MR) is 60.8 cm³/mol. The SMILES string of the molecule is Cc1cn(-c2cncc(Br)c2)nc1C(=O)O. The summed E-state index contributed by atoms with van der Waals surface area (Å²) in [7, 11) is 0. The van der Waals surface area contributed by atoms with Crippen molar-refractivity contribution in [2.75, 3.05) is 0 Å². The van der Waals surface area contributed by atoms with Gasteiger partial charge in [0.05, 0.1) is 11.9 Å². The second kappa shape index (κ2) is 4.05. The van der Waals surface area contributed by atoms with Gasteiger partial charge in [0.2, 0.25) is 0 Å². The van der Waals surface area contributed by atoms with E-state index in [0.717, 1.165) is 4.47 Å². The molecule has 6 heteroatoms. The van der Waals surface area contributed by atoms with Gasteiger partial charge in [-0.25, -0.2) is 9.48 Å². The fraction of sp³-hybridized carbons (Fsp3) is 0.100. The summed E-state index contributed by atoms with van der Waals surface area (Å²) < 4.78 is 2.31. The standard InChI is InChI=1S/C10H8BrN3O2/c1-6-5-14(13-9(6)10(15)16)8-2-7(11)3-12-4-8/h2-5H,1H3,(H,15,16). The third-order valence-electron chi connectivity index (χ3n) is 2.05. The van der Waals surface area contributed by atoms with Gasteiger partial charge in [0.15, 0.2) is 5.69 Å². The van der Waals surface area contributed by atoms with E-state index in [9.17, 15) is 4.79 Å². The number of nitrogens with zero attached hydrogens (tertiary/aromatic N) is 3. The lowest BCUT2D eigenvalue weighted by Crippen LogP contribution is -2.02. The Morgan fingerprint density at radius 3 is 2.81 bits per heavy atom. The molecule has 0 aliphatic rings. The summed E-state index contributed by atoms with van der Waals surface area (Å²) in [5, 5.41) is 12.9. The maximum Gasteiger partial charge on any atom is 0.356 e. The number of carboxylic acids is 1. The molecule has 0 bridgehead atoms. The molecule has 0 radical (unpaired) electrons. The zero-order chi connectivity index (χ0) is 11.7. The van der Waals surface area contributed by atoms with E-state index in [4.69, 9.17) is 5.11 Å². The number of aromatic nitrogens is 3. The van der Waals surface area contributed by atoms with E-state index < -0.39 is 5.97 Å². The van der Waals surface area contributed by atoms with Gasteiger partial charge in [0, 0.05) is 22.4 Å². The van der Waals surface area contributed by atoms with E-state index in [-0.39, 0.29) is 5.69 Å². The molecule has 1 N–H and O–H groups in total. The van der Waals surface area contributed by atoms with Crippen LogP contribution in [0.4, 0.5) is 0 Å². The molecular formula is C10H8BrN3O2. The quantitative estimate of drug-likeness (QED) is 0.915. The van der Waals surface area contributed by atoms with Crippen molar-refractivity contribution in [1.29, 1.82) is 0 Å². The molecule has 2 aromatic rings. The minimum atomic E-state index is -1.03. The largest absolute Gasteiger partial charge is 0.476 e. The molecule has 16 heavy (non-hydrogen) atoms. The van der Waals surface area contributed by atoms with Crippen molar-refractivity contribution in [3.63, 3.8) is 0 Å². The molecule has 0 saturated heterocycles. The second-order valence-corrected chi connectivity index (χ2v) is 4.19. The molecule has 5 nitrogen and oxygen atoms in total. The van der Waals surface area contributed by atoms with Gasteiger partial charge < -0.3 is 5.11 Å². The smallest absolute Gasteiger partial charge is 0.356 e. The molecule has 2 aromatic heterocycles. The molecule has 2 heterocycles. The van der Waals surface area contributed by atoms with E-state index in [0.29, 0.717) is 11.3 Å². The number of halogens is 1. The number of aryl methyl sites for hydroxylation is 1. The summed E-state index contributed by atoms with van der Waals surface area (Å²) in [5.41, 5.74) is 1.39. The molecule has 82 valence electrons. The first-order valence-electron chi connectivity index (χ1n) is 4.48. The highest BCUT2D eigenvalue weighted by Gasteiger charge is 2.13. The van der Waals surface area contributed by atoms with Crippen LogP contribution in [0.2, 0.25) is 0 Å². The Morgan fingerprint density at radius 1 is 1.50 bits per heavy atom. The first-order chi connectivity index (χ1) is 7.58. The lowest BCUT2D eigenvalue weighted by molar-refractivity contribution is 0.0689. The fourth-order valence-corrected chi connectivity index (χ4v) is 1.68. The number of carbonyl (C=O) groups is 1. The Morgan fingerprint density at radius 2 is 2.25 bits per heavy atom. The van der Waals surface area contributed by atoms with E-state index in [2.05, 4.69) is 26.0 Å². The highest BCUT2D eigenvalue weighted by Crippen LogP contribution is 2.15. The molecule has 0 aliphatic heterocycles. The second-order valence-electron chi connectivity index (χ2n) is 3.27. The van der Waals surface area contributed by atoms with E-state index in [1.165, 1.54) is 4.68 Å². The molecule has 0 spiro atoms. The number of hydrogen-bond acceptors (Lipinski definition) is 3.